The number of hydrogen-bond acceptors (Lipinski definition) is 6. The van der Waals surface area contributed by atoms with Crippen LogP contribution in [0.3, 0.4) is 0 Å². The number of ether oxygens (including phenoxy) is 2. The molecular formula is C23H23N3O5. The lowest BCUT2D eigenvalue weighted by molar-refractivity contribution is -0.384. The van der Waals surface area contributed by atoms with Crippen molar-refractivity contribution in [1.29, 1.82) is 0 Å². The Labute approximate surface area is 180 Å². The molecule has 2 N–H and O–H groups in total. The molecule has 0 saturated carbocycles. The highest BCUT2D eigenvalue weighted by molar-refractivity contribution is 5.97. The lowest BCUT2D eigenvalue weighted by Crippen LogP contribution is -2.32. The Morgan fingerprint density at radius 1 is 1.06 bits per heavy atom. The van der Waals surface area contributed by atoms with Gasteiger partial charge in [0.1, 0.15) is 24.1 Å². The minimum atomic E-state index is -0.559. The summed E-state index contributed by atoms with van der Waals surface area (Å²) in [5.41, 5.74) is 2.08. The highest BCUT2D eigenvalue weighted by Crippen LogP contribution is 2.29. The van der Waals surface area contributed by atoms with E-state index in [4.69, 9.17) is 9.47 Å². The lowest BCUT2D eigenvalue weighted by atomic mass is 10.2. The molecule has 0 fully saturated rings. The van der Waals surface area contributed by atoms with E-state index in [0.29, 0.717) is 12.3 Å². The quantitative estimate of drug-likeness (QED) is 0.386. The van der Waals surface area contributed by atoms with Crippen LogP contribution in [0.5, 0.6) is 11.5 Å². The van der Waals surface area contributed by atoms with Crippen molar-refractivity contribution in [3.05, 3.63) is 88.5 Å². The number of nitro benzene ring substituents is 1. The molecule has 0 aliphatic heterocycles. The standard InChI is InChI=1S/C23H23N3O5/c1-16(23(27)25-21-13-10-19(26(28)29)14-22(21)30-2)24-18-8-11-20(12-9-18)31-15-17-6-4-3-5-7-17/h3-14,16,24H,15H2,1-2H3,(H,25,27)/t16-/m0/s1. The van der Waals surface area contributed by atoms with Crippen molar-refractivity contribution in [2.45, 2.75) is 19.6 Å². The molecule has 160 valence electrons. The van der Waals surface area contributed by atoms with E-state index >= 15 is 0 Å². The fourth-order valence-electron chi connectivity index (χ4n) is 2.84. The molecule has 0 spiro atoms. The van der Waals surface area contributed by atoms with Gasteiger partial charge in [0, 0.05) is 11.8 Å². The van der Waals surface area contributed by atoms with E-state index in [1.807, 2.05) is 54.6 Å². The zero-order chi connectivity index (χ0) is 22.2. The van der Waals surface area contributed by atoms with Crippen molar-refractivity contribution in [3.63, 3.8) is 0 Å². The Morgan fingerprint density at radius 2 is 1.77 bits per heavy atom. The first-order chi connectivity index (χ1) is 15.0. The third kappa shape index (κ3) is 5.96. The van der Waals surface area contributed by atoms with E-state index in [2.05, 4.69) is 10.6 Å². The summed E-state index contributed by atoms with van der Waals surface area (Å²) in [6.07, 6.45) is 0. The number of nitrogens with one attached hydrogen (secondary N) is 2. The van der Waals surface area contributed by atoms with Crippen LogP contribution >= 0.6 is 0 Å². The van der Waals surface area contributed by atoms with Crippen LogP contribution in [0.2, 0.25) is 0 Å². The average molecular weight is 421 g/mol. The van der Waals surface area contributed by atoms with E-state index in [-0.39, 0.29) is 17.3 Å². The molecule has 3 rings (SSSR count). The summed E-state index contributed by atoms with van der Waals surface area (Å²) in [4.78, 5) is 22.9. The number of non-ortho nitro benzene ring substituents is 1. The average Bonchev–Trinajstić information content (AvgIpc) is 2.79. The van der Waals surface area contributed by atoms with E-state index in [0.717, 1.165) is 17.0 Å². The molecule has 3 aromatic carbocycles. The van der Waals surface area contributed by atoms with Crippen LogP contribution in [0.4, 0.5) is 17.1 Å². The monoisotopic (exact) mass is 421 g/mol. The SMILES string of the molecule is COc1cc([N+](=O)[O-])ccc1NC(=O)[C@H](C)Nc1ccc(OCc2ccccc2)cc1. The van der Waals surface area contributed by atoms with Gasteiger partial charge < -0.3 is 20.1 Å². The molecule has 0 aliphatic carbocycles. The van der Waals surface area contributed by atoms with Gasteiger partial charge in [-0.15, -0.1) is 0 Å². The number of benzene rings is 3. The minimum Gasteiger partial charge on any atom is -0.494 e. The van der Waals surface area contributed by atoms with Crippen LogP contribution in [0, 0.1) is 10.1 Å². The summed E-state index contributed by atoms with van der Waals surface area (Å²) in [5.74, 6) is 0.633. The molecule has 1 amide bonds. The molecule has 3 aromatic rings. The van der Waals surface area contributed by atoms with Gasteiger partial charge in [-0.05, 0) is 42.8 Å². The van der Waals surface area contributed by atoms with Crippen molar-refractivity contribution in [2.75, 3.05) is 17.7 Å². The topological polar surface area (TPSA) is 103 Å². The molecule has 0 aliphatic rings. The second kappa shape index (κ2) is 10.1. The first-order valence-electron chi connectivity index (χ1n) is 9.63. The predicted octanol–water partition coefficient (Wildman–Crippen LogP) is 4.62. The molecule has 0 saturated heterocycles. The molecule has 1 atom stereocenters. The summed E-state index contributed by atoms with van der Waals surface area (Å²) in [6.45, 7) is 2.19. The Hall–Kier alpha value is -4.07. The number of nitro groups is 1. The van der Waals surface area contributed by atoms with Gasteiger partial charge in [-0.3, -0.25) is 14.9 Å². The van der Waals surface area contributed by atoms with Crippen LogP contribution < -0.4 is 20.1 Å². The summed E-state index contributed by atoms with van der Waals surface area (Å²) < 4.78 is 10.9. The number of carbonyl (C=O) groups excluding carboxylic acids is 1. The normalized spacial score (nSPS) is 11.3. The van der Waals surface area contributed by atoms with Crippen molar-refractivity contribution < 1.29 is 19.2 Å². The number of nitrogens with zero attached hydrogens (tertiary/aromatic N) is 1. The van der Waals surface area contributed by atoms with Gasteiger partial charge in [-0.1, -0.05) is 30.3 Å². The third-order valence-corrected chi connectivity index (χ3v) is 4.53. The lowest BCUT2D eigenvalue weighted by Gasteiger charge is -2.17. The molecule has 0 bridgehead atoms. The highest BCUT2D eigenvalue weighted by atomic mass is 16.6. The summed E-state index contributed by atoms with van der Waals surface area (Å²) in [7, 11) is 1.39. The minimum absolute atomic E-state index is 0.115. The number of amides is 1. The first-order valence-corrected chi connectivity index (χ1v) is 9.63. The molecule has 31 heavy (non-hydrogen) atoms. The second-order valence-corrected chi connectivity index (χ2v) is 6.80. The Morgan fingerprint density at radius 3 is 2.42 bits per heavy atom. The van der Waals surface area contributed by atoms with Crippen LogP contribution in [0.15, 0.2) is 72.8 Å². The molecule has 8 nitrogen and oxygen atoms in total. The second-order valence-electron chi connectivity index (χ2n) is 6.80. The number of methoxy groups -OCH3 is 1. The van der Waals surface area contributed by atoms with Crippen molar-refractivity contribution >= 4 is 23.0 Å². The van der Waals surface area contributed by atoms with E-state index in [1.165, 1.54) is 25.3 Å². The highest BCUT2D eigenvalue weighted by Gasteiger charge is 2.17. The van der Waals surface area contributed by atoms with Crippen molar-refractivity contribution in [2.24, 2.45) is 0 Å². The number of anilines is 2. The van der Waals surface area contributed by atoms with Crippen LogP contribution in [0.1, 0.15) is 12.5 Å². The zero-order valence-electron chi connectivity index (χ0n) is 17.2. The van der Waals surface area contributed by atoms with E-state index < -0.39 is 11.0 Å². The summed E-state index contributed by atoms with van der Waals surface area (Å²) in [5, 5.41) is 16.7. The number of hydrogen-bond donors (Lipinski definition) is 2. The van der Waals surface area contributed by atoms with Gasteiger partial charge in [-0.2, -0.15) is 0 Å². The predicted molar refractivity (Wildman–Crippen MR) is 119 cm³/mol. The Bertz CT molecular complexity index is 1040. The Balaban J connectivity index is 1.56. The third-order valence-electron chi connectivity index (χ3n) is 4.53. The molecule has 8 heteroatoms. The van der Waals surface area contributed by atoms with Crippen molar-refractivity contribution in [1.82, 2.24) is 0 Å². The first kappa shape index (κ1) is 21.6. The molecule has 0 heterocycles. The van der Waals surface area contributed by atoms with Gasteiger partial charge in [0.2, 0.25) is 5.91 Å². The fourth-order valence-corrected chi connectivity index (χ4v) is 2.84. The van der Waals surface area contributed by atoms with Gasteiger partial charge in [0.25, 0.3) is 5.69 Å². The largest absolute Gasteiger partial charge is 0.494 e. The zero-order valence-corrected chi connectivity index (χ0v) is 17.2. The van der Waals surface area contributed by atoms with Crippen molar-refractivity contribution in [3.8, 4) is 11.5 Å². The summed E-state index contributed by atoms with van der Waals surface area (Å²) >= 11 is 0. The number of carbonyl (C=O) groups is 1. The maximum Gasteiger partial charge on any atom is 0.273 e. The van der Waals surface area contributed by atoms with Crippen LogP contribution in [-0.2, 0) is 11.4 Å². The molecule has 0 unspecified atom stereocenters. The van der Waals surface area contributed by atoms with Crippen LogP contribution in [0.25, 0.3) is 0 Å². The maximum atomic E-state index is 12.5. The smallest absolute Gasteiger partial charge is 0.273 e. The molecule has 0 radical (unpaired) electrons. The Kier molecular flexibility index (Phi) is 7.05. The van der Waals surface area contributed by atoms with E-state index in [9.17, 15) is 14.9 Å². The van der Waals surface area contributed by atoms with Gasteiger partial charge >= 0.3 is 0 Å². The fraction of sp³-hybridized carbons (Fsp3) is 0.174. The number of rotatable bonds is 9. The van der Waals surface area contributed by atoms with Gasteiger partial charge in [0.15, 0.2) is 0 Å². The van der Waals surface area contributed by atoms with Gasteiger partial charge in [0.05, 0.1) is 23.8 Å². The summed E-state index contributed by atoms with van der Waals surface area (Å²) in [6, 6.07) is 20.7. The van der Waals surface area contributed by atoms with Crippen LogP contribution in [-0.4, -0.2) is 24.0 Å². The van der Waals surface area contributed by atoms with E-state index in [1.54, 1.807) is 6.92 Å². The maximum absolute atomic E-state index is 12.5. The molecular weight excluding hydrogens is 398 g/mol. The van der Waals surface area contributed by atoms with Gasteiger partial charge in [-0.25, -0.2) is 0 Å². The molecule has 0 aromatic heterocycles.